The van der Waals surface area contributed by atoms with E-state index in [0.717, 1.165) is 11.1 Å². The van der Waals surface area contributed by atoms with E-state index in [1.54, 1.807) is 13.8 Å². The van der Waals surface area contributed by atoms with Crippen LogP contribution in [0.3, 0.4) is 0 Å². The Bertz CT molecular complexity index is 451. The summed E-state index contributed by atoms with van der Waals surface area (Å²) in [7, 11) is 0. The van der Waals surface area contributed by atoms with Crippen LogP contribution in [0.15, 0.2) is 24.3 Å². The van der Waals surface area contributed by atoms with Crippen molar-refractivity contribution >= 4 is 11.9 Å². The third kappa shape index (κ3) is 5.43. The molecule has 20 heavy (non-hydrogen) atoms. The first-order chi connectivity index (χ1) is 9.42. The Morgan fingerprint density at radius 1 is 1.20 bits per heavy atom. The predicted octanol–water partition coefficient (Wildman–Crippen LogP) is 2.38. The van der Waals surface area contributed by atoms with Gasteiger partial charge >= 0.3 is 5.97 Å². The van der Waals surface area contributed by atoms with Crippen LogP contribution >= 0.6 is 0 Å². The molecular weight excluding hydrogens is 254 g/mol. The van der Waals surface area contributed by atoms with Gasteiger partial charge in [-0.05, 0) is 32.8 Å². The summed E-state index contributed by atoms with van der Waals surface area (Å²) < 4.78 is 5.12. The normalized spacial score (nSPS) is 12.1. The maximum absolute atomic E-state index is 11.9. The van der Waals surface area contributed by atoms with Crippen LogP contribution in [0.2, 0.25) is 0 Å². The lowest BCUT2D eigenvalue weighted by atomic mass is 10.1. The number of amides is 1. The fourth-order valence-corrected chi connectivity index (χ4v) is 1.78. The summed E-state index contributed by atoms with van der Waals surface area (Å²) in [6.45, 7) is 7.43. The summed E-state index contributed by atoms with van der Waals surface area (Å²) in [6.07, 6.45) is 0.613. The molecule has 1 unspecified atom stereocenters. The fourth-order valence-electron chi connectivity index (χ4n) is 1.78. The third-order valence-corrected chi connectivity index (χ3v) is 2.87. The van der Waals surface area contributed by atoms with Gasteiger partial charge in [0.25, 0.3) is 0 Å². The van der Waals surface area contributed by atoms with Crippen molar-refractivity contribution in [3.05, 3.63) is 35.4 Å². The van der Waals surface area contributed by atoms with Gasteiger partial charge in [-0.15, -0.1) is 0 Å². The molecule has 110 valence electrons. The number of ether oxygens (including phenoxy) is 1. The molecule has 0 saturated heterocycles. The van der Waals surface area contributed by atoms with Gasteiger partial charge in [-0.3, -0.25) is 4.79 Å². The number of carbonyl (C=O) groups excluding carboxylic acids is 2. The van der Waals surface area contributed by atoms with Crippen molar-refractivity contribution in [3.63, 3.8) is 0 Å². The van der Waals surface area contributed by atoms with E-state index < -0.39 is 6.04 Å². The van der Waals surface area contributed by atoms with Gasteiger partial charge < -0.3 is 10.1 Å². The number of esters is 1. The number of aryl methyl sites for hydroxylation is 1. The molecule has 0 bridgehead atoms. The molecule has 0 saturated carbocycles. The molecule has 0 fully saturated rings. The third-order valence-electron chi connectivity index (χ3n) is 2.87. The lowest BCUT2D eigenvalue weighted by Crippen LogP contribution is -2.42. The lowest BCUT2D eigenvalue weighted by molar-refractivity contribution is -0.151. The highest BCUT2D eigenvalue weighted by atomic mass is 16.5. The average molecular weight is 277 g/mol. The van der Waals surface area contributed by atoms with E-state index >= 15 is 0 Å². The summed E-state index contributed by atoms with van der Waals surface area (Å²) in [5.41, 5.74) is 2.08. The van der Waals surface area contributed by atoms with Gasteiger partial charge in [-0.1, -0.05) is 36.8 Å². The van der Waals surface area contributed by atoms with E-state index in [2.05, 4.69) is 5.32 Å². The van der Waals surface area contributed by atoms with Gasteiger partial charge in [0, 0.05) is 0 Å². The standard InChI is InChI=1S/C16H23NO3/c1-5-14(16(19)20-11(2)3)17-15(18)10-13-8-6-12(4)7-9-13/h6-9,11,14H,5,10H2,1-4H3,(H,17,18). The Kier molecular flexibility index (Phi) is 6.22. The maximum atomic E-state index is 11.9. The van der Waals surface area contributed by atoms with Crippen LogP contribution in [0.1, 0.15) is 38.3 Å². The van der Waals surface area contributed by atoms with E-state index in [-0.39, 0.29) is 24.4 Å². The second kappa shape index (κ2) is 7.68. The van der Waals surface area contributed by atoms with Gasteiger partial charge in [-0.25, -0.2) is 4.79 Å². The first-order valence-electron chi connectivity index (χ1n) is 6.97. The summed E-state index contributed by atoms with van der Waals surface area (Å²) in [6, 6.07) is 7.19. The fraction of sp³-hybridized carbons (Fsp3) is 0.500. The highest BCUT2D eigenvalue weighted by Crippen LogP contribution is 2.05. The summed E-state index contributed by atoms with van der Waals surface area (Å²) in [4.78, 5) is 23.7. The number of hydrogen-bond donors (Lipinski definition) is 1. The Labute approximate surface area is 120 Å². The number of benzene rings is 1. The minimum atomic E-state index is -0.574. The van der Waals surface area contributed by atoms with Gasteiger partial charge in [0.15, 0.2) is 0 Å². The molecule has 1 aromatic carbocycles. The van der Waals surface area contributed by atoms with Crippen LogP contribution in [0.4, 0.5) is 0 Å². The van der Waals surface area contributed by atoms with Crippen molar-refractivity contribution in [2.24, 2.45) is 0 Å². The summed E-state index contributed by atoms with van der Waals surface area (Å²) >= 11 is 0. The van der Waals surface area contributed by atoms with Gasteiger partial charge in [0.05, 0.1) is 12.5 Å². The van der Waals surface area contributed by atoms with Crippen LogP contribution in [0, 0.1) is 6.92 Å². The molecule has 1 atom stereocenters. The molecule has 1 rings (SSSR count). The van der Waals surface area contributed by atoms with Crippen LogP contribution in [0.25, 0.3) is 0 Å². The largest absolute Gasteiger partial charge is 0.461 e. The van der Waals surface area contributed by atoms with Crippen molar-refractivity contribution in [2.75, 3.05) is 0 Å². The highest BCUT2D eigenvalue weighted by molar-refractivity contribution is 5.85. The van der Waals surface area contributed by atoms with Crippen molar-refractivity contribution < 1.29 is 14.3 Å². The minimum Gasteiger partial charge on any atom is -0.461 e. The second-order valence-corrected chi connectivity index (χ2v) is 5.18. The van der Waals surface area contributed by atoms with E-state index in [1.165, 1.54) is 0 Å². The zero-order chi connectivity index (χ0) is 15.1. The summed E-state index contributed by atoms with van der Waals surface area (Å²) in [5.74, 6) is -0.541. The molecule has 1 N–H and O–H groups in total. The monoisotopic (exact) mass is 277 g/mol. The average Bonchev–Trinajstić information content (AvgIpc) is 2.37. The van der Waals surface area contributed by atoms with Crippen LogP contribution < -0.4 is 5.32 Å². The van der Waals surface area contributed by atoms with Gasteiger partial charge in [0.1, 0.15) is 6.04 Å². The molecule has 0 aliphatic heterocycles. The van der Waals surface area contributed by atoms with Crippen LogP contribution in [-0.4, -0.2) is 24.0 Å². The predicted molar refractivity (Wildman–Crippen MR) is 78.3 cm³/mol. The molecule has 4 heteroatoms. The van der Waals surface area contributed by atoms with E-state index in [0.29, 0.717) is 6.42 Å². The van der Waals surface area contributed by atoms with Crippen LogP contribution in [-0.2, 0) is 20.7 Å². The van der Waals surface area contributed by atoms with Crippen molar-refractivity contribution in [2.45, 2.75) is 52.7 Å². The number of carbonyl (C=O) groups is 2. The first-order valence-corrected chi connectivity index (χ1v) is 6.97. The molecule has 0 heterocycles. The number of rotatable bonds is 6. The maximum Gasteiger partial charge on any atom is 0.328 e. The molecule has 0 spiro atoms. The van der Waals surface area contributed by atoms with E-state index in [9.17, 15) is 9.59 Å². The second-order valence-electron chi connectivity index (χ2n) is 5.18. The zero-order valence-electron chi connectivity index (χ0n) is 12.6. The number of hydrogen-bond acceptors (Lipinski definition) is 3. The molecule has 0 radical (unpaired) electrons. The molecule has 0 aliphatic carbocycles. The van der Waals surface area contributed by atoms with E-state index in [1.807, 2.05) is 38.1 Å². The topological polar surface area (TPSA) is 55.4 Å². The molecule has 1 amide bonds. The van der Waals surface area contributed by atoms with Gasteiger partial charge in [0.2, 0.25) is 5.91 Å². The quantitative estimate of drug-likeness (QED) is 0.812. The molecule has 0 aromatic heterocycles. The van der Waals surface area contributed by atoms with Crippen molar-refractivity contribution in [1.29, 1.82) is 0 Å². The molecular formula is C16H23NO3. The molecule has 0 aliphatic rings. The lowest BCUT2D eigenvalue weighted by Gasteiger charge is -2.17. The first kappa shape index (κ1) is 16.2. The SMILES string of the molecule is CCC(NC(=O)Cc1ccc(C)cc1)C(=O)OC(C)C. The highest BCUT2D eigenvalue weighted by Gasteiger charge is 2.21. The molecule has 1 aromatic rings. The van der Waals surface area contributed by atoms with Crippen molar-refractivity contribution in [1.82, 2.24) is 5.32 Å². The Balaban J connectivity index is 2.54. The Hall–Kier alpha value is -1.84. The number of nitrogens with one attached hydrogen (secondary N) is 1. The van der Waals surface area contributed by atoms with Crippen molar-refractivity contribution in [3.8, 4) is 0 Å². The Morgan fingerprint density at radius 2 is 1.80 bits per heavy atom. The van der Waals surface area contributed by atoms with E-state index in [4.69, 9.17) is 4.74 Å². The van der Waals surface area contributed by atoms with Crippen LogP contribution in [0.5, 0.6) is 0 Å². The summed E-state index contributed by atoms with van der Waals surface area (Å²) in [5, 5.41) is 2.72. The minimum absolute atomic E-state index is 0.165. The zero-order valence-corrected chi connectivity index (χ0v) is 12.6. The molecule has 4 nitrogen and oxygen atoms in total. The smallest absolute Gasteiger partial charge is 0.328 e. The van der Waals surface area contributed by atoms with Gasteiger partial charge in [-0.2, -0.15) is 0 Å². The Morgan fingerprint density at radius 3 is 2.30 bits per heavy atom.